The molecule has 1 atom stereocenters. The number of ether oxygens (including phenoxy) is 2. The van der Waals surface area contributed by atoms with Crippen molar-refractivity contribution in [1.29, 1.82) is 0 Å². The number of aryl methyl sites for hydroxylation is 1. The third-order valence-electron chi connectivity index (χ3n) is 4.29. The van der Waals surface area contributed by atoms with Crippen molar-refractivity contribution in [2.75, 3.05) is 6.61 Å². The van der Waals surface area contributed by atoms with Gasteiger partial charge in [0.15, 0.2) is 0 Å². The van der Waals surface area contributed by atoms with Crippen molar-refractivity contribution in [1.82, 2.24) is 0 Å². The van der Waals surface area contributed by atoms with Crippen molar-refractivity contribution in [2.24, 2.45) is 0 Å². The van der Waals surface area contributed by atoms with Crippen LogP contribution in [0.15, 0.2) is 61.2 Å². The van der Waals surface area contributed by atoms with Gasteiger partial charge in [-0.1, -0.05) is 43.0 Å². The molecule has 0 spiro atoms. The molecule has 1 unspecified atom stereocenters. The smallest absolute Gasteiger partial charge is 0.335 e. The van der Waals surface area contributed by atoms with Crippen molar-refractivity contribution in [3.63, 3.8) is 0 Å². The van der Waals surface area contributed by atoms with Gasteiger partial charge in [0.1, 0.15) is 5.75 Å². The van der Waals surface area contributed by atoms with E-state index in [4.69, 9.17) is 9.47 Å². The second-order valence-electron chi connectivity index (χ2n) is 5.99. The van der Waals surface area contributed by atoms with Gasteiger partial charge in [-0.3, -0.25) is 0 Å². The van der Waals surface area contributed by atoms with Crippen LogP contribution in [0.5, 0.6) is 5.75 Å². The third-order valence-corrected chi connectivity index (χ3v) is 4.29. The second kappa shape index (κ2) is 7.93. The van der Waals surface area contributed by atoms with E-state index in [1.165, 1.54) is 16.7 Å². The first-order valence-electron chi connectivity index (χ1n) is 8.39. The summed E-state index contributed by atoms with van der Waals surface area (Å²) in [7, 11) is 0. The molecule has 0 fully saturated rings. The molecule has 3 rings (SSSR count). The Morgan fingerprint density at radius 3 is 2.67 bits per heavy atom. The Hall–Kier alpha value is -2.39. The molecule has 2 aromatic rings. The Bertz CT molecular complexity index is 703. The van der Waals surface area contributed by atoms with Crippen LogP contribution in [0, 0.1) is 0 Å². The summed E-state index contributed by atoms with van der Waals surface area (Å²) in [6.07, 6.45) is 5.63. The quantitative estimate of drug-likeness (QED) is 0.312. The van der Waals surface area contributed by atoms with Crippen LogP contribution >= 0.6 is 0 Å². The van der Waals surface area contributed by atoms with Crippen molar-refractivity contribution in [2.45, 2.75) is 31.8 Å². The molecular formula is C21H22O3. The van der Waals surface area contributed by atoms with Gasteiger partial charge >= 0.3 is 5.97 Å². The van der Waals surface area contributed by atoms with Crippen molar-refractivity contribution in [3.8, 4) is 5.75 Å². The number of unbranched alkanes of at least 4 members (excludes halogenated alkanes) is 1. The zero-order valence-electron chi connectivity index (χ0n) is 13.7. The number of esters is 1. The minimum atomic E-state index is -0.433. The maximum absolute atomic E-state index is 11.1. The zero-order chi connectivity index (χ0) is 16.8. The van der Waals surface area contributed by atoms with E-state index in [1.54, 1.807) is 0 Å². The number of rotatable bonds is 8. The molecule has 3 nitrogen and oxygen atoms in total. The van der Waals surface area contributed by atoms with Crippen LogP contribution < -0.4 is 4.74 Å². The lowest BCUT2D eigenvalue weighted by Crippen LogP contribution is -2.20. The van der Waals surface area contributed by atoms with Gasteiger partial charge in [-0.25, -0.2) is 4.79 Å². The molecule has 0 amide bonds. The minimum Gasteiger partial charge on any atom is -0.423 e. The van der Waals surface area contributed by atoms with Crippen LogP contribution in [-0.2, 0) is 22.4 Å². The summed E-state index contributed by atoms with van der Waals surface area (Å²) in [5, 5.41) is 0. The van der Waals surface area contributed by atoms with Crippen LogP contribution in [0.1, 0.15) is 35.6 Å². The summed E-state index contributed by atoms with van der Waals surface area (Å²) in [5.74, 6) is 0.119. The Balaban J connectivity index is 1.34. The summed E-state index contributed by atoms with van der Waals surface area (Å²) in [6, 6.07) is 16.1. The van der Waals surface area contributed by atoms with Crippen LogP contribution in [0.25, 0.3) is 0 Å². The Kier molecular flexibility index (Phi) is 5.44. The van der Waals surface area contributed by atoms with E-state index in [0.717, 1.165) is 38.4 Å². The molecule has 24 heavy (non-hydrogen) atoms. The van der Waals surface area contributed by atoms with Gasteiger partial charge in [-0.15, -0.1) is 0 Å². The molecular weight excluding hydrogens is 300 g/mol. The lowest BCUT2D eigenvalue weighted by atomic mass is 9.85. The van der Waals surface area contributed by atoms with Crippen LogP contribution in [0.4, 0.5) is 0 Å². The average molecular weight is 322 g/mol. The topological polar surface area (TPSA) is 35.5 Å². The van der Waals surface area contributed by atoms with Crippen molar-refractivity contribution < 1.29 is 14.3 Å². The van der Waals surface area contributed by atoms with Crippen molar-refractivity contribution >= 4 is 5.97 Å². The average Bonchev–Trinajstić information content (AvgIpc) is 2.59. The summed E-state index contributed by atoms with van der Waals surface area (Å²) >= 11 is 0. The Morgan fingerprint density at radius 1 is 1.12 bits per heavy atom. The number of carbonyl (C=O) groups excluding carboxylic acids is 1. The van der Waals surface area contributed by atoms with E-state index in [0.29, 0.717) is 11.9 Å². The third kappa shape index (κ3) is 4.12. The van der Waals surface area contributed by atoms with Crippen molar-refractivity contribution in [3.05, 3.63) is 77.9 Å². The highest BCUT2D eigenvalue weighted by molar-refractivity contribution is 5.83. The summed E-state index contributed by atoms with van der Waals surface area (Å²) in [5.41, 5.74) is 4.00. The van der Waals surface area contributed by atoms with E-state index < -0.39 is 5.97 Å². The highest BCUT2D eigenvalue weighted by atomic mass is 16.5. The van der Waals surface area contributed by atoms with Crippen LogP contribution in [-0.4, -0.2) is 12.6 Å². The van der Waals surface area contributed by atoms with E-state index in [9.17, 15) is 4.79 Å². The number of hydrogen-bond donors (Lipinski definition) is 0. The molecule has 3 heteroatoms. The lowest BCUT2D eigenvalue weighted by Gasteiger charge is -2.29. The first-order chi connectivity index (χ1) is 11.8. The standard InChI is InChI=1S/C21H22O3/c1-2-21(22)24-18-12-10-16(11-13-18)7-5-6-14-23-20-15-17-8-3-4-9-19(17)20/h2-4,8-13,20H,1,5-7,14-15H2. The number of benzene rings is 2. The first kappa shape index (κ1) is 16.5. The SMILES string of the molecule is C=CC(=O)Oc1ccc(CCCCOC2Cc3ccccc32)cc1. The minimum absolute atomic E-state index is 0.292. The fourth-order valence-corrected chi connectivity index (χ4v) is 2.90. The molecule has 124 valence electrons. The lowest BCUT2D eigenvalue weighted by molar-refractivity contribution is -0.128. The molecule has 0 saturated carbocycles. The van der Waals surface area contributed by atoms with Gasteiger partial charge in [0.2, 0.25) is 0 Å². The highest BCUT2D eigenvalue weighted by Gasteiger charge is 2.25. The Labute approximate surface area is 142 Å². The fourth-order valence-electron chi connectivity index (χ4n) is 2.90. The predicted molar refractivity (Wildman–Crippen MR) is 94.1 cm³/mol. The van der Waals surface area contributed by atoms with E-state index in [2.05, 4.69) is 30.8 Å². The predicted octanol–water partition coefficient (Wildman–Crippen LogP) is 4.41. The molecule has 0 heterocycles. The van der Waals surface area contributed by atoms with E-state index in [1.807, 2.05) is 24.3 Å². The normalized spacial score (nSPS) is 15.2. The number of fused-ring (bicyclic) bond motifs is 1. The molecule has 0 aliphatic heterocycles. The van der Waals surface area contributed by atoms with Crippen LogP contribution in [0.2, 0.25) is 0 Å². The summed E-state index contributed by atoms with van der Waals surface area (Å²) < 4.78 is 11.0. The molecule has 2 aromatic carbocycles. The van der Waals surface area contributed by atoms with E-state index >= 15 is 0 Å². The van der Waals surface area contributed by atoms with Gasteiger partial charge in [-0.05, 0) is 48.1 Å². The van der Waals surface area contributed by atoms with Gasteiger partial charge in [0.25, 0.3) is 0 Å². The monoisotopic (exact) mass is 322 g/mol. The number of hydrogen-bond acceptors (Lipinski definition) is 3. The molecule has 0 bridgehead atoms. The molecule has 0 N–H and O–H groups in total. The first-order valence-corrected chi connectivity index (χ1v) is 8.39. The van der Waals surface area contributed by atoms with Gasteiger partial charge in [-0.2, -0.15) is 0 Å². The number of carbonyl (C=O) groups is 1. The van der Waals surface area contributed by atoms with E-state index in [-0.39, 0.29) is 0 Å². The summed E-state index contributed by atoms with van der Waals surface area (Å²) in [4.78, 5) is 11.1. The largest absolute Gasteiger partial charge is 0.423 e. The summed E-state index contributed by atoms with van der Waals surface area (Å²) in [6.45, 7) is 4.18. The Morgan fingerprint density at radius 2 is 1.92 bits per heavy atom. The molecule has 0 saturated heterocycles. The molecule has 1 aliphatic rings. The molecule has 0 radical (unpaired) electrons. The maximum atomic E-state index is 11.1. The van der Waals surface area contributed by atoms with Gasteiger partial charge in [0.05, 0.1) is 6.10 Å². The fraction of sp³-hybridized carbons (Fsp3) is 0.286. The maximum Gasteiger partial charge on any atom is 0.335 e. The molecule has 1 aliphatic carbocycles. The van der Waals surface area contributed by atoms with Gasteiger partial charge in [0, 0.05) is 19.1 Å². The van der Waals surface area contributed by atoms with Crippen LogP contribution in [0.3, 0.4) is 0 Å². The van der Waals surface area contributed by atoms with Gasteiger partial charge < -0.3 is 9.47 Å². The molecule has 0 aromatic heterocycles. The second-order valence-corrected chi connectivity index (χ2v) is 5.99. The zero-order valence-corrected chi connectivity index (χ0v) is 13.7. The highest BCUT2D eigenvalue weighted by Crippen LogP contribution is 2.35.